The Kier molecular flexibility index (Phi) is 5.47. The molecule has 0 fully saturated rings. The van der Waals surface area contributed by atoms with E-state index in [4.69, 9.17) is 10.5 Å². The van der Waals surface area contributed by atoms with Gasteiger partial charge in [0.15, 0.2) is 11.6 Å². The summed E-state index contributed by atoms with van der Waals surface area (Å²) in [5, 5.41) is 2.75. The highest BCUT2D eigenvalue weighted by atomic mass is 19.4. The van der Waals surface area contributed by atoms with Gasteiger partial charge >= 0.3 is 6.18 Å². The summed E-state index contributed by atoms with van der Waals surface area (Å²) in [5.41, 5.74) is 6.10. The second-order valence-corrected chi connectivity index (χ2v) is 4.68. The van der Waals surface area contributed by atoms with Gasteiger partial charge < -0.3 is 15.8 Å². The highest BCUT2D eigenvalue weighted by Gasteiger charge is 2.25. The van der Waals surface area contributed by atoms with Gasteiger partial charge in [-0.25, -0.2) is 4.39 Å². The molecule has 0 radical (unpaired) electrons. The van der Waals surface area contributed by atoms with Crippen molar-refractivity contribution < 1.29 is 22.3 Å². The monoisotopic (exact) mass is 294 g/mol. The van der Waals surface area contributed by atoms with Gasteiger partial charge in [0.05, 0.1) is 17.5 Å². The molecule has 20 heavy (non-hydrogen) atoms. The van der Waals surface area contributed by atoms with Gasteiger partial charge in [-0.15, -0.1) is 0 Å². The molecule has 0 atom stereocenters. The van der Waals surface area contributed by atoms with Crippen LogP contribution in [0.4, 0.5) is 28.9 Å². The van der Waals surface area contributed by atoms with Gasteiger partial charge in [0.2, 0.25) is 0 Å². The van der Waals surface area contributed by atoms with Crippen LogP contribution in [0.5, 0.6) is 5.75 Å². The highest BCUT2D eigenvalue weighted by molar-refractivity contribution is 5.68. The average Bonchev–Trinajstić information content (AvgIpc) is 2.28. The van der Waals surface area contributed by atoms with Crippen molar-refractivity contribution in [1.29, 1.82) is 0 Å². The number of hydrogen-bond acceptors (Lipinski definition) is 3. The lowest BCUT2D eigenvalue weighted by molar-refractivity contribution is -0.134. The van der Waals surface area contributed by atoms with Crippen molar-refractivity contribution in [3.8, 4) is 5.75 Å². The molecular weight excluding hydrogens is 276 g/mol. The third-order valence-corrected chi connectivity index (χ3v) is 2.42. The Bertz CT molecular complexity index is 447. The van der Waals surface area contributed by atoms with Crippen molar-refractivity contribution in [2.24, 2.45) is 0 Å². The van der Waals surface area contributed by atoms with Crippen LogP contribution in [0.1, 0.15) is 26.7 Å². The minimum atomic E-state index is -4.18. The fraction of sp³-hybridized carbons (Fsp3) is 0.538. The van der Waals surface area contributed by atoms with Crippen LogP contribution in [-0.2, 0) is 0 Å². The maximum absolute atomic E-state index is 13.6. The van der Waals surface area contributed by atoms with Crippen molar-refractivity contribution in [2.75, 3.05) is 17.6 Å². The maximum Gasteiger partial charge on any atom is 0.389 e. The molecule has 1 rings (SSSR count). The van der Waals surface area contributed by atoms with E-state index in [1.165, 1.54) is 6.07 Å². The number of benzene rings is 1. The lowest BCUT2D eigenvalue weighted by atomic mass is 10.2. The van der Waals surface area contributed by atoms with E-state index in [0.717, 1.165) is 6.07 Å². The second-order valence-electron chi connectivity index (χ2n) is 4.68. The first-order valence-corrected chi connectivity index (χ1v) is 6.25. The SMILES string of the molecule is CC(C)Oc1cc(NCCCC(F)(F)F)c(N)cc1F. The van der Waals surface area contributed by atoms with E-state index in [0.29, 0.717) is 5.69 Å². The van der Waals surface area contributed by atoms with E-state index in [9.17, 15) is 17.6 Å². The molecule has 0 aliphatic carbocycles. The standard InChI is InChI=1S/C13H18F4N2O/c1-8(2)20-12-7-11(10(18)6-9(12)14)19-5-3-4-13(15,16)17/h6-8,19H,3-5,18H2,1-2H3. The van der Waals surface area contributed by atoms with Crippen molar-refractivity contribution in [2.45, 2.75) is 39.0 Å². The summed E-state index contributed by atoms with van der Waals surface area (Å²) >= 11 is 0. The number of halogens is 4. The van der Waals surface area contributed by atoms with E-state index in [-0.39, 0.29) is 30.5 Å². The van der Waals surface area contributed by atoms with Gasteiger partial charge in [-0.1, -0.05) is 0 Å². The summed E-state index contributed by atoms with van der Waals surface area (Å²) in [5.74, 6) is -0.579. The molecule has 3 nitrogen and oxygen atoms in total. The van der Waals surface area contributed by atoms with Gasteiger partial charge in [-0.3, -0.25) is 0 Å². The molecular formula is C13H18F4N2O. The lowest BCUT2D eigenvalue weighted by Gasteiger charge is -2.15. The normalized spacial score (nSPS) is 11.8. The number of rotatable bonds is 6. The number of nitrogens with one attached hydrogen (secondary N) is 1. The summed E-state index contributed by atoms with van der Waals surface area (Å²) in [4.78, 5) is 0. The Morgan fingerprint density at radius 2 is 1.95 bits per heavy atom. The molecule has 0 aliphatic rings. The summed E-state index contributed by atoms with van der Waals surface area (Å²) in [6, 6.07) is 2.45. The largest absolute Gasteiger partial charge is 0.488 e. The molecule has 0 amide bonds. The van der Waals surface area contributed by atoms with Crippen LogP contribution in [0.3, 0.4) is 0 Å². The highest BCUT2D eigenvalue weighted by Crippen LogP contribution is 2.29. The summed E-state index contributed by atoms with van der Waals surface area (Å²) in [7, 11) is 0. The van der Waals surface area contributed by atoms with Gasteiger partial charge in [0.1, 0.15) is 0 Å². The third-order valence-electron chi connectivity index (χ3n) is 2.42. The Balaban J connectivity index is 2.65. The number of nitrogen functional groups attached to an aromatic ring is 1. The summed E-state index contributed by atoms with van der Waals surface area (Å²) < 4.78 is 54.8. The maximum atomic E-state index is 13.6. The second kappa shape index (κ2) is 6.67. The van der Waals surface area contributed by atoms with E-state index in [1.807, 2.05) is 0 Å². The molecule has 7 heteroatoms. The Labute approximate surface area is 115 Å². The molecule has 3 N–H and O–H groups in total. The number of hydrogen-bond donors (Lipinski definition) is 2. The molecule has 0 bridgehead atoms. The van der Waals surface area contributed by atoms with Crippen LogP contribution < -0.4 is 15.8 Å². The van der Waals surface area contributed by atoms with Crippen molar-refractivity contribution in [3.63, 3.8) is 0 Å². The van der Waals surface area contributed by atoms with E-state index >= 15 is 0 Å². The molecule has 0 saturated heterocycles. The van der Waals surface area contributed by atoms with Crippen molar-refractivity contribution >= 4 is 11.4 Å². The van der Waals surface area contributed by atoms with Crippen LogP contribution in [0.2, 0.25) is 0 Å². The van der Waals surface area contributed by atoms with Crippen LogP contribution in [-0.4, -0.2) is 18.8 Å². The predicted molar refractivity (Wildman–Crippen MR) is 70.4 cm³/mol. The zero-order chi connectivity index (χ0) is 15.3. The summed E-state index contributed by atoms with van der Waals surface area (Å²) in [6.45, 7) is 3.58. The Morgan fingerprint density at radius 3 is 2.50 bits per heavy atom. The van der Waals surface area contributed by atoms with Gasteiger partial charge in [0.25, 0.3) is 0 Å². The van der Waals surface area contributed by atoms with E-state index in [1.54, 1.807) is 13.8 Å². The zero-order valence-electron chi connectivity index (χ0n) is 11.4. The minimum absolute atomic E-state index is 0.0209. The molecule has 1 aromatic carbocycles. The smallest absolute Gasteiger partial charge is 0.389 e. The molecule has 0 aromatic heterocycles. The minimum Gasteiger partial charge on any atom is -0.488 e. The molecule has 1 aromatic rings. The van der Waals surface area contributed by atoms with Crippen molar-refractivity contribution in [1.82, 2.24) is 0 Å². The molecule has 0 saturated carbocycles. The Hall–Kier alpha value is -1.66. The fourth-order valence-corrected chi connectivity index (χ4v) is 1.58. The zero-order valence-corrected chi connectivity index (χ0v) is 11.4. The first kappa shape index (κ1) is 16.4. The molecule has 0 unspecified atom stereocenters. The van der Waals surface area contributed by atoms with Gasteiger partial charge in [-0.05, 0) is 20.3 Å². The van der Waals surface area contributed by atoms with Crippen LogP contribution >= 0.6 is 0 Å². The predicted octanol–water partition coefficient (Wildman–Crippen LogP) is 3.95. The van der Waals surface area contributed by atoms with Gasteiger partial charge in [-0.2, -0.15) is 13.2 Å². The molecule has 0 heterocycles. The third kappa shape index (κ3) is 5.54. The van der Waals surface area contributed by atoms with Crippen molar-refractivity contribution in [3.05, 3.63) is 17.9 Å². The molecule has 0 spiro atoms. The topological polar surface area (TPSA) is 47.3 Å². The number of alkyl halides is 3. The number of ether oxygens (including phenoxy) is 1. The van der Waals surface area contributed by atoms with Crippen LogP contribution in [0.15, 0.2) is 12.1 Å². The van der Waals surface area contributed by atoms with E-state index < -0.39 is 18.4 Å². The number of nitrogens with two attached hydrogens (primary N) is 1. The van der Waals surface area contributed by atoms with Crippen LogP contribution in [0, 0.1) is 5.82 Å². The summed E-state index contributed by atoms with van der Waals surface area (Å²) in [6.07, 6.45) is -5.36. The quantitative estimate of drug-likeness (QED) is 0.474. The molecule has 0 aliphatic heterocycles. The fourth-order valence-electron chi connectivity index (χ4n) is 1.58. The average molecular weight is 294 g/mol. The first-order chi connectivity index (χ1) is 9.19. The van der Waals surface area contributed by atoms with Crippen LogP contribution in [0.25, 0.3) is 0 Å². The number of anilines is 2. The Morgan fingerprint density at radius 1 is 1.30 bits per heavy atom. The lowest BCUT2D eigenvalue weighted by Crippen LogP contribution is -2.12. The molecule has 114 valence electrons. The first-order valence-electron chi connectivity index (χ1n) is 6.25. The van der Waals surface area contributed by atoms with E-state index in [2.05, 4.69) is 5.32 Å². The van der Waals surface area contributed by atoms with Gasteiger partial charge in [0, 0.05) is 25.1 Å².